The van der Waals surface area contributed by atoms with Crippen LogP contribution in [-0.2, 0) is 0 Å². The highest BCUT2D eigenvalue weighted by atomic mass is 15.3. The smallest absolute Gasteiger partial charge is 0.0113 e. The summed E-state index contributed by atoms with van der Waals surface area (Å²) in [6.45, 7) is 13.9. The number of hydrogen-bond donors (Lipinski definition) is 1. The Morgan fingerprint density at radius 1 is 1.12 bits per heavy atom. The molecule has 0 spiro atoms. The average molecular weight is 227 g/mol. The lowest BCUT2D eigenvalue weighted by Crippen LogP contribution is -2.51. The molecule has 1 saturated heterocycles. The van der Waals surface area contributed by atoms with E-state index < -0.39 is 0 Å². The first-order chi connectivity index (χ1) is 7.67. The molecule has 1 atom stereocenters. The van der Waals surface area contributed by atoms with Crippen LogP contribution in [0.2, 0.25) is 0 Å². The molecule has 1 unspecified atom stereocenters. The molecular formula is C13H29N3. The average Bonchev–Trinajstić information content (AvgIpc) is 2.26. The van der Waals surface area contributed by atoms with E-state index >= 15 is 0 Å². The monoisotopic (exact) mass is 227 g/mol. The van der Waals surface area contributed by atoms with Crippen molar-refractivity contribution in [1.82, 2.24) is 9.80 Å². The Hall–Kier alpha value is -0.120. The van der Waals surface area contributed by atoms with Crippen molar-refractivity contribution in [2.24, 2.45) is 11.7 Å². The van der Waals surface area contributed by atoms with Crippen molar-refractivity contribution in [3.63, 3.8) is 0 Å². The molecule has 0 amide bonds. The maximum atomic E-state index is 5.67. The molecule has 0 aromatic carbocycles. The zero-order valence-corrected chi connectivity index (χ0v) is 11.3. The van der Waals surface area contributed by atoms with E-state index in [-0.39, 0.29) is 0 Å². The van der Waals surface area contributed by atoms with Crippen molar-refractivity contribution >= 4 is 0 Å². The minimum atomic E-state index is 0.714. The molecule has 96 valence electrons. The fourth-order valence-electron chi connectivity index (χ4n) is 2.66. The van der Waals surface area contributed by atoms with E-state index in [1.54, 1.807) is 0 Å². The first-order valence-electron chi connectivity index (χ1n) is 6.83. The van der Waals surface area contributed by atoms with Gasteiger partial charge in [-0.25, -0.2) is 0 Å². The van der Waals surface area contributed by atoms with Crippen LogP contribution in [0, 0.1) is 5.92 Å². The van der Waals surface area contributed by atoms with Crippen LogP contribution < -0.4 is 5.73 Å². The number of nitrogens with zero attached hydrogens (tertiary/aromatic N) is 2. The molecular weight excluding hydrogens is 198 g/mol. The Labute approximate surface area is 101 Å². The predicted molar refractivity (Wildman–Crippen MR) is 70.6 cm³/mol. The van der Waals surface area contributed by atoms with Crippen LogP contribution in [0.15, 0.2) is 0 Å². The summed E-state index contributed by atoms with van der Waals surface area (Å²) in [6.07, 6.45) is 2.39. The maximum Gasteiger partial charge on any atom is 0.0113 e. The Morgan fingerprint density at radius 2 is 1.75 bits per heavy atom. The van der Waals surface area contributed by atoms with E-state index in [4.69, 9.17) is 5.73 Å². The molecule has 0 aromatic heterocycles. The highest BCUT2D eigenvalue weighted by molar-refractivity contribution is 4.78. The van der Waals surface area contributed by atoms with Crippen LogP contribution in [0.1, 0.15) is 33.6 Å². The Kier molecular flexibility index (Phi) is 6.32. The van der Waals surface area contributed by atoms with Gasteiger partial charge in [0.15, 0.2) is 0 Å². The molecule has 1 heterocycles. The summed E-state index contributed by atoms with van der Waals surface area (Å²) < 4.78 is 0. The standard InChI is InChI=1S/C13H29N3/c1-4-13(5-6-14)16-9-7-15(8-10-16)11-12(2)3/h12-13H,4-11,14H2,1-3H3. The van der Waals surface area contributed by atoms with Crippen LogP contribution >= 0.6 is 0 Å². The molecule has 0 aromatic rings. The lowest BCUT2D eigenvalue weighted by Gasteiger charge is -2.39. The molecule has 0 bridgehead atoms. The maximum absolute atomic E-state index is 5.67. The van der Waals surface area contributed by atoms with Crippen LogP contribution in [0.3, 0.4) is 0 Å². The highest BCUT2D eigenvalue weighted by Gasteiger charge is 2.22. The second kappa shape index (κ2) is 7.25. The highest BCUT2D eigenvalue weighted by Crippen LogP contribution is 2.12. The molecule has 0 aliphatic carbocycles. The van der Waals surface area contributed by atoms with Gasteiger partial charge < -0.3 is 10.6 Å². The van der Waals surface area contributed by atoms with E-state index in [1.165, 1.54) is 39.1 Å². The SMILES string of the molecule is CCC(CCN)N1CCN(CC(C)C)CC1. The van der Waals surface area contributed by atoms with Crippen LogP contribution in [0.4, 0.5) is 0 Å². The van der Waals surface area contributed by atoms with Gasteiger partial charge in [-0.3, -0.25) is 4.90 Å². The van der Waals surface area contributed by atoms with Gasteiger partial charge in [0.2, 0.25) is 0 Å². The van der Waals surface area contributed by atoms with Crippen LogP contribution in [0.25, 0.3) is 0 Å². The molecule has 1 fully saturated rings. The number of nitrogens with two attached hydrogens (primary N) is 1. The number of hydrogen-bond acceptors (Lipinski definition) is 3. The van der Waals surface area contributed by atoms with Gasteiger partial charge in [0.05, 0.1) is 0 Å². The molecule has 1 aliphatic rings. The largest absolute Gasteiger partial charge is 0.330 e. The summed E-state index contributed by atoms with van der Waals surface area (Å²) in [4.78, 5) is 5.22. The Morgan fingerprint density at radius 3 is 2.19 bits per heavy atom. The van der Waals surface area contributed by atoms with E-state index in [0.29, 0.717) is 6.04 Å². The predicted octanol–water partition coefficient (Wildman–Crippen LogP) is 1.39. The number of piperazine rings is 1. The lowest BCUT2D eigenvalue weighted by molar-refractivity contribution is 0.0846. The summed E-state index contributed by atoms with van der Waals surface area (Å²) in [6, 6.07) is 0.714. The summed E-state index contributed by atoms with van der Waals surface area (Å²) in [5.41, 5.74) is 5.67. The Bertz CT molecular complexity index is 174. The number of rotatable bonds is 6. The van der Waals surface area contributed by atoms with Gasteiger partial charge in [-0.05, 0) is 25.3 Å². The second-order valence-electron chi connectivity index (χ2n) is 5.37. The molecule has 0 saturated carbocycles. The summed E-state index contributed by atoms with van der Waals surface area (Å²) in [5, 5.41) is 0. The minimum Gasteiger partial charge on any atom is -0.330 e. The van der Waals surface area contributed by atoms with Crippen molar-refractivity contribution in [3.8, 4) is 0 Å². The topological polar surface area (TPSA) is 32.5 Å². The zero-order valence-electron chi connectivity index (χ0n) is 11.3. The van der Waals surface area contributed by atoms with E-state index in [1.807, 2.05) is 0 Å². The third-order valence-electron chi connectivity index (χ3n) is 3.52. The van der Waals surface area contributed by atoms with E-state index in [2.05, 4.69) is 30.6 Å². The van der Waals surface area contributed by atoms with Crippen LogP contribution in [-0.4, -0.2) is 55.1 Å². The summed E-state index contributed by atoms with van der Waals surface area (Å²) in [5.74, 6) is 0.789. The third kappa shape index (κ3) is 4.40. The van der Waals surface area contributed by atoms with Gasteiger partial charge in [-0.1, -0.05) is 20.8 Å². The van der Waals surface area contributed by atoms with Gasteiger partial charge in [0.25, 0.3) is 0 Å². The van der Waals surface area contributed by atoms with Crippen molar-refractivity contribution in [2.75, 3.05) is 39.3 Å². The van der Waals surface area contributed by atoms with Crippen LogP contribution in [0.5, 0.6) is 0 Å². The fourth-order valence-corrected chi connectivity index (χ4v) is 2.66. The van der Waals surface area contributed by atoms with Gasteiger partial charge in [-0.2, -0.15) is 0 Å². The first kappa shape index (κ1) is 13.9. The summed E-state index contributed by atoms with van der Waals surface area (Å²) in [7, 11) is 0. The first-order valence-corrected chi connectivity index (χ1v) is 6.83. The molecule has 2 N–H and O–H groups in total. The van der Waals surface area contributed by atoms with Crippen molar-refractivity contribution in [3.05, 3.63) is 0 Å². The molecule has 16 heavy (non-hydrogen) atoms. The van der Waals surface area contributed by atoms with Gasteiger partial charge in [0.1, 0.15) is 0 Å². The molecule has 3 nitrogen and oxygen atoms in total. The van der Waals surface area contributed by atoms with E-state index in [9.17, 15) is 0 Å². The lowest BCUT2D eigenvalue weighted by atomic mass is 10.1. The molecule has 1 aliphatic heterocycles. The quantitative estimate of drug-likeness (QED) is 0.744. The third-order valence-corrected chi connectivity index (χ3v) is 3.52. The van der Waals surface area contributed by atoms with Gasteiger partial charge in [-0.15, -0.1) is 0 Å². The van der Waals surface area contributed by atoms with Crippen molar-refractivity contribution in [2.45, 2.75) is 39.7 Å². The normalized spacial score (nSPS) is 21.6. The Balaban J connectivity index is 2.29. The fraction of sp³-hybridized carbons (Fsp3) is 1.00. The van der Waals surface area contributed by atoms with Crippen molar-refractivity contribution < 1.29 is 0 Å². The zero-order chi connectivity index (χ0) is 12.0. The van der Waals surface area contributed by atoms with Crippen molar-refractivity contribution in [1.29, 1.82) is 0 Å². The minimum absolute atomic E-state index is 0.714. The molecule has 1 rings (SSSR count). The molecule has 3 heteroatoms. The summed E-state index contributed by atoms with van der Waals surface area (Å²) >= 11 is 0. The van der Waals surface area contributed by atoms with Gasteiger partial charge >= 0.3 is 0 Å². The van der Waals surface area contributed by atoms with Gasteiger partial charge in [0, 0.05) is 38.8 Å². The molecule has 0 radical (unpaired) electrons. The van der Waals surface area contributed by atoms with E-state index in [0.717, 1.165) is 18.9 Å². The second-order valence-corrected chi connectivity index (χ2v) is 5.37.